The maximum Gasteiger partial charge on any atom is 0.281 e. The fourth-order valence-electron chi connectivity index (χ4n) is 1.61. The van der Waals surface area contributed by atoms with E-state index < -0.39 is 0 Å². The Morgan fingerprint density at radius 3 is 2.76 bits per heavy atom. The second-order valence-corrected chi connectivity index (χ2v) is 6.30. The number of rotatable bonds is 3. The number of thiophene rings is 1. The van der Waals surface area contributed by atoms with E-state index in [0.717, 1.165) is 15.7 Å². The summed E-state index contributed by atoms with van der Waals surface area (Å²) in [5.74, 6) is -0.319. The summed E-state index contributed by atoms with van der Waals surface area (Å²) in [4.78, 5) is 12.6. The summed E-state index contributed by atoms with van der Waals surface area (Å²) < 4.78 is 0.968. The molecule has 4 nitrogen and oxygen atoms in total. The molecule has 0 fully saturated rings. The molecule has 0 atom stereocenters. The standard InChI is InChI=1S/C14H14ClN3OS2/c1-8(2)7-16-14(20)18-17-13(19)12-11(15)9-5-3-4-6-10(9)21-12/h3-6H,1,7H2,2H3,(H,17,19)(H2,16,18,20). The Balaban J connectivity index is 2.01. The average Bonchev–Trinajstić information content (AvgIpc) is 2.80. The number of halogens is 1. The Hall–Kier alpha value is -1.63. The van der Waals surface area contributed by atoms with E-state index in [9.17, 15) is 4.79 Å². The highest BCUT2D eigenvalue weighted by atomic mass is 35.5. The van der Waals surface area contributed by atoms with Crippen LogP contribution in [0.4, 0.5) is 0 Å². The molecule has 110 valence electrons. The molecule has 2 aromatic rings. The van der Waals surface area contributed by atoms with E-state index in [2.05, 4.69) is 22.7 Å². The van der Waals surface area contributed by atoms with Crippen molar-refractivity contribution in [1.82, 2.24) is 16.2 Å². The van der Waals surface area contributed by atoms with E-state index in [1.165, 1.54) is 11.3 Å². The number of nitrogens with one attached hydrogen (secondary N) is 3. The Morgan fingerprint density at radius 2 is 2.10 bits per heavy atom. The van der Waals surface area contributed by atoms with Crippen LogP contribution in [0.25, 0.3) is 10.1 Å². The lowest BCUT2D eigenvalue weighted by molar-refractivity contribution is 0.0948. The van der Waals surface area contributed by atoms with Gasteiger partial charge in [0.05, 0.1) is 5.02 Å². The maximum absolute atomic E-state index is 12.1. The Kier molecular flexibility index (Phi) is 5.17. The van der Waals surface area contributed by atoms with Crippen LogP contribution in [0.2, 0.25) is 5.02 Å². The van der Waals surface area contributed by atoms with E-state index in [-0.39, 0.29) is 5.91 Å². The molecule has 21 heavy (non-hydrogen) atoms. The lowest BCUT2D eigenvalue weighted by Crippen LogP contribution is -2.46. The SMILES string of the molecule is C=C(C)CNC(=S)NNC(=O)c1sc2ccccc2c1Cl. The molecular formula is C14H14ClN3OS2. The second-order valence-electron chi connectivity index (χ2n) is 4.46. The lowest BCUT2D eigenvalue weighted by atomic mass is 10.2. The van der Waals surface area contributed by atoms with Gasteiger partial charge in [-0.3, -0.25) is 15.6 Å². The molecule has 0 bridgehead atoms. The molecule has 0 unspecified atom stereocenters. The largest absolute Gasteiger partial charge is 0.358 e. The first-order valence-electron chi connectivity index (χ1n) is 6.14. The van der Waals surface area contributed by atoms with Gasteiger partial charge in [-0.25, -0.2) is 0 Å². The zero-order valence-corrected chi connectivity index (χ0v) is 13.7. The van der Waals surface area contributed by atoms with Crippen molar-refractivity contribution in [2.75, 3.05) is 6.54 Å². The molecule has 0 saturated carbocycles. The molecule has 1 heterocycles. The lowest BCUT2D eigenvalue weighted by Gasteiger charge is -2.10. The molecule has 1 aromatic carbocycles. The molecule has 1 amide bonds. The zero-order chi connectivity index (χ0) is 15.4. The van der Waals surface area contributed by atoms with Crippen molar-refractivity contribution in [3.63, 3.8) is 0 Å². The van der Waals surface area contributed by atoms with E-state index in [1.54, 1.807) is 0 Å². The minimum Gasteiger partial charge on any atom is -0.358 e. The van der Waals surface area contributed by atoms with Crippen molar-refractivity contribution in [2.24, 2.45) is 0 Å². The van der Waals surface area contributed by atoms with Crippen LogP contribution in [0.5, 0.6) is 0 Å². The van der Waals surface area contributed by atoms with Gasteiger partial charge < -0.3 is 5.32 Å². The highest BCUT2D eigenvalue weighted by molar-refractivity contribution is 7.80. The third kappa shape index (κ3) is 3.93. The van der Waals surface area contributed by atoms with Crippen molar-refractivity contribution < 1.29 is 4.79 Å². The summed E-state index contributed by atoms with van der Waals surface area (Å²) in [6.07, 6.45) is 0. The van der Waals surface area contributed by atoms with Gasteiger partial charge in [0.2, 0.25) is 0 Å². The summed E-state index contributed by atoms with van der Waals surface area (Å²) in [5, 5.41) is 4.56. The number of amides is 1. The van der Waals surface area contributed by atoms with Crippen LogP contribution in [0.3, 0.4) is 0 Å². The summed E-state index contributed by atoms with van der Waals surface area (Å²) in [6.45, 7) is 6.18. The molecule has 0 aliphatic carbocycles. The van der Waals surface area contributed by atoms with Crippen LogP contribution in [0.1, 0.15) is 16.6 Å². The summed E-state index contributed by atoms with van der Waals surface area (Å²) in [6, 6.07) is 7.61. The highest BCUT2D eigenvalue weighted by Gasteiger charge is 2.16. The van der Waals surface area contributed by atoms with Crippen LogP contribution >= 0.6 is 35.2 Å². The summed E-state index contributed by atoms with van der Waals surface area (Å²) in [7, 11) is 0. The molecule has 3 N–H and O–H groups in total. The van der Waals surface area contributed by atoms with Crippen molar-refractivity contribution >= 4 is 56.3 Å². The first-order valence-corrected chi connectivity index (χ1v) is 7.75. The van der Waals surface area contributed by atoms with Crippen molar-refractivity contribution in [3.05, 3.63) is 46.3 Å². The minimum absolute atomic E-state index is 0.319. The number of thiocarbonyl (C=S) groups is 1. The average molecular weight is 340 g/mol. The predicted molar refractivity (Wildman–Crippen MR) is 92.9 cm³/mol. The zero-order valence-electron chi connectivity index (χ0n) is 11.3. The van der Waals surface area contributed by atoms with E-state index >= 15 is 0 Å². The number of carbonyl (C=O) groups is 1. The number of hydrogen-bond donors (Lipinski definition) is 3. The molecule has 2 rings (SSSR count). The van der Waals surface area contributed by atoms with Gasteiger partial charge in [0, 0.05) is 16.6 Å². The van der Waals surface area contributed by atoms with E-state index in [1.807, 2.05) is 31.2 Å². The normalized spacial score (nSPS) is 10.2. The molecule has 1 aromatic heterocycles. The van der Waals surface area contributed by atoms with Gasteiger partial charge in [-0.05, 0) is 25.2 Å². The first-order chi connectivity index (χ1) is 9.99. The first kappa shape index (κ1) is 15.8. The summed E-state index contributed by atoms with van der Waals surface area (Å²) >= 11 is 12.6. The van der Waals surface area contributed by atoms with Gasteiger partial charge in [-0.15, -0.1) is 11.3 Å². The molecule has 0 radical (unpaired) electrons. The van der Waals surface area contributed by atoms with Crippen LogP contribution in [0.15, 0.2) is 36.4 Å². The fourth-order valence-corrected chi connectivity index (χ4v) is 3.14. The quantitative estimate of drug-likeness (QED) is 0.456. The van der Waals surface area contributed by atoms with Gasteiger partial charge >= 0.3 is 0 Å². The van der Waals surface area contributed by atoms with Gasteiger partial charge in [0.25, 0.3) is 5.91 Å². The van der Waals surface area contributed by atoms with Crippen molar-refractivity contribution in [2.45, 2.75) is 6.92 Å². The Bertz CT molecular complexity index is 711. The fraction of sp³-hybridized carbons (Fsp3) is 0.143. The van der Waals surface area contributed by atoms with Crippen LogP contribution in [0, 0.1) is 0 Å². The number of fused-ring (bicyclic) bond motifs is 1. The van der Waals surface area contributed by atoms with Gasteiger partial charge in [-0.1, -0.05) is 42.0 Å². The number of hydrazine groups is 1. The monoisotopic (exact) mass is 339 g/mol. The van der Waals surface area contributed by atoms with Gasteiger partial charge in [0.15, 0.2) is 5.11 Å². The topological polar surface area (TPSA) is 53.2 Å². The molecule has 0 saturated heterocycles. The number of hydrogen-bond acceptors (Lipinski definition) is 3. The molecule has 0 aliphatic heterocycles. The highest BCUT2D eigenvalue weighted by Crippen LogP contribution is 2.34. The molecular weight excluding hydrogens is 326 g/mol. The van der Waals surface area contributed by atoms with Crippen LogP contribution in [-0.2, 0) is 0 Å². The molecule has 0 aliphatic rings. The minimum atomic E-state index is -0.319. The maximum atomic E-state index is 12.1. The molecule has 0 spiro atoms. The Labute approximate surface area is 137 Å². The van der Waals surface area contributed by atoms with Crippen LogP contribution in [-0.4, -0.2) is 17.6 Å². The van der Waals surface area contributed by atoms with Crippen molar-refractivity contribution in [3.8, 4) is 0 Å². The smallest absolute Gasteiger partial charge is 0.281 e. The van der Waals surface area contributed by atoms with Crippen molar-refractivity contribution in [1.29, 1.82) is 0 Å². The summed E-state index contributed by atoms with van der Waals surface area (Å²) in [5.41, 5.74) is 6.11. The van der Waals surface area contributed by atoms with Crippen LogP contribution < -0.4 is 16.2 Å². The van der Waals surface area contributed by atoms with E-state index in [0.29, 0.717) is 21.6 Å². The van der Waals surface area contributed by atoms with Gasteiger partial charge in [-0.2, -0.15) is 0 Å². The number of carbonyl (C=O) groups excluding carboxylic acids is 1. The van der Waals surface area contributed by atoms with Gasteiger partial charge in [0.1, 0.15) is 4.88 Å². The number of benzene rings is 1. The Morgan fingerprint density at radius 1 is 1.38 bits per heavy atom. The molecule has 7 heteroatoms. The predicted octanol–water partition coefficient (Wildman–Crippen LogP) is 3.24. The third-order valence-corrected chi connectivity index (χ3v) is 4.50. The van der Waals surface area contributed by atoms with E-state index in [4.69, 9.17) is 23.8 Å². The third-order valence-electron chi connectivity index (χ3n) is 2.58. The second kappa shape index (κ2) is 6.89.